The molecule has 0 aliphatic carbocycles. The number of ether oxygens (including phenoxy) is 2. The Labute approximate surface area is 274 Å². The van der Waals surface area contributed by atoms with Crippen LogP contribution in [0.5, 0.6) is 23.0 Å². The lowest BCUT2D eigenvalue weighted by Crippen LogP contribution is -2.18. The highest BCUT2D eigenvalue weighted by Crippen LogP contribution is 2.43. The van der Waals surface area contributed by atoms with Crippen LogP contribution in [0.3, 0.4) is 0 Å². The largest absolute Gasteiger partial charge is 0.473 e. The van der Waals surface area contributed by atoms with Crippen molar-refractivity contribution in [2.75, 3.05) is 0 Å². The Morgan fingerprint density at radius 2 is 0.844 bits per heavy atom. The molecule has 4 rings (SSSR count). The molecule has 0 saturated heterocycles. The van der Waals surface area contributed by atoms with E-state index in [0.29, 0.717) is 58.5 Å². The summed E-state index contributed by atoms with van der Waals surface area (Å²) in [5.74, 6) is 1.30. The third kappa shape index (κ3) is 8.91. The topological polar surface area (TPSA) is 168 Å². The molecule has 4 aromatic carbocycles. The molecule has 0 aromatic heterocycles. The van der Waals surface area contributed by atoms with Gasteiger partial charge in [-0.15, -0.1) is 0 Å². The molecule has 232 valence electrons. The van der Waals surface area contributed by atoms with E-state index in [1.165, 1.54) is 12.1 Å². The van der Waals surface area contributed by atoms with Crippen molar-refractivity contribution in [1.82, 2.24) is 0 Å². The molecule has 4 N–H and O–H groups in total. The van der Waals surface area contributed by atoms with Gasteiger partial charge in [-0.25, -0.2) is 19.2 Å². The van der Waals surface area contributed by atoms with Gasteiger partial charge in [0, 0.05) is 15.2 Å². The summed E-state index contributed by atoms with van der Waals surface area (Å²) in [7, 11) is 0. The summed E-state index contributed by atoms with van der Waals surface area (Å²) in [5, 5.41) is 32.3. The van der Waals surface area contributed by atoms with Gasteiger partial charge in [0.1, 0.15) is 23.0 Å². The second kappa shape index (κ2) is 14.7. The van der Waals surface area contributed by atoms with Crippen molar-refractivity contribution in [2.24, 2.45) is 0 Å². The van der Waals surface area contributed by atoms with Gasteiger partial charge < -0.3 is 29.9 Å². The van der Waals surface area contributed by atoms with E-state index >= 15 is 0 Å². The van der Waals surface area contributed by atoms with E-state index in [4.69, 9.17) is 9.47 Å². The lowest BCUT2D eigenvalue weighted by molar-refractivity contribution is 0.221. The lowest BCUT2D eigenvalue weighted by atomic mass is 9.78. The molecule has 14 heteroatoms. The summed E-state index contributed by atoms with van der Waals surface area (Å²) < 4.78 is 11.9. The van der Waals surface area contributed by atoms with Crippen molar-refractivity contribution in [3.8, 4) is 23.0 Å². The van der Waals surface area contributed by atoms with Crippen LogP contribution < -0.4 is 9.47 Å². The van der Waals surface area contributed by atoms with Gasteiger partial charge in [-0.1, -0.05) is 50.2 Å². The smallest absolute Gasteiger partial charge is 0.369 e. The molecule has 0 aliphatic rings. The minimum absolute atomic E-state index is 0.185. The van der Waals surface area contributed by atoms with Crippen molar-refractivity contribution in [1.29, 1.82) is 0 Å². The zero-order chi connectivity index (χ0) is 32.7. The van der Waals surface area contributed by atoms with E-state index in [1.807, 2.05) is 38.1 Å². The predicted octanol–water partition coefficient (Wildman–Crippen LogP) is 10.7. The monoisotopic (exact) mass is 684 g/mol. The molecule has 0 unspecified atom stereocenters. The van der Waals surface area contributed by atoms with Gasteiger partial charge >= 0.3 is 21.2 Å². The van der Waals surface area contributed by atoms with Gasteiger partial charge in [0.25, 0.3) is 0 Å². The minimum Gasteiger partial charge on any atom is -0.473 e. The molecule has 0 heterocycles. The Morgan fingerprint density at radius 3 is 1.16 bits per heavy atom. The molecular weight excluding hydrogens is 661 g/mol. The molecule has 4 aromatic rings. The first-order valence-corrected chi connectivity index (χ1v) is 16.1. The predicted molar refractivity (Wildman–Crippen MR) is 174 cm³/mol. The molecule has 0 fully saturated rings. The summed E-state index contributed by atoms with van der Waals surface area (Å²) in [5.41, 5.74) is 1.41. The quantitative estimate of drug-likeness (QED) is 0.116. The van der Waals surface area contributed by atoms with E-state index in [1.54, 1.807) is 48.5 Å². The molecule has 0 atom stereocenters. The zero-order valence-electron chi connectivity index (χ0n) is 23.5. The van der Waals surface area contributed by atoms with E-state index in [-0.39, 0.29) is 31.1 Å². The maximum absolute atomic E-state index is 11.4. The Kier molecular flexibility index (Phi) is 11.0. The number of carbonyl (C=O) groups is 4. The average molecular weight is 685 g/mol. The molecule has 0 aliphatic heterocycles. The van der Waals surface area contributed by atoms with Gasteiger partial charge in [-0.2, -0.15) is 0 Å². The minimum atomic E-state index is -1.20. The highest BCUT2D eigenvalue weighted by Gasteiger charge is 2.24. The SMILES string of the molecule is CC(C)(c1ccc(Oc2cccc(SC(=O)O)c2SC(=O)O)cc1)c1ccc(Oc2cccc(SC(=O)O)c2SC(=O)O)cc1. The summed E-state index contributed by atoms with van der Waals surface area (Å²) in [6, 6.07) is 23.8. The number of hydrogen-bond donors (Lipinski definition) is 4. The average Bonchev–Trinajstić information content (AvgIpc) is 2.96. The van der Waals surface area contributed by atoms with Crippen molar-refractivity contribution in [3.05, 3.63) is 96.1 Å². The first kappa shape index (κ1) is 33.6. The van der Waals surface area contributed by atoms with Gasteiger partial charge in [0.2, 0.25) is 0 Å². The highest BCUT2D eigenvalue weighted by molar-refractivity contribution is 8.16. The Morgan fingerprint density at radius 1 is 0.511 bits per heavy atom. The van der Waals surface area contributed by atoms with E-state index in [9.17, 15) is 39.6 Å². The second-order valence-corrected chi connectivity index (χ2v) is 13.4. The number of carboxylic acid groups (broad SMARTS) is 4. The fourth-order valence-electron chi connectivity index (χ4n) is 4.18. The highest BCUT2D eigenvalue weighted by atomic mass is 32.2. The molecule has 45 heavy (non-hydrogen) atoms. The van der Waals surface area contributed by atoms with Crippen LogP contribution >= 0.6 is 47.0 Å². The summed E-state index contributed by atoms with van der Waals surface area (Å²) in [6.45, 7) is 4.06. The van der Waals surface area contributed by atoms with Crippen molar-refractivity contribution < 1.29 is 49.1 Å². The standard InChI is InChI=1S/C31H24O10S4/c1-31(2,17-9-13-19(14-10-17)40-21-5-3-7-23(42-27(32)33)25(21)44-29(36)37)18-11-15-20(16-12-18)41-22-6-4-8-24(43-28(34)35)26(22)45-30(38)39/h3-16H,1-2H3,(H,32,33)(H,34,35)(H,36,37)(H,38,39). The van der Waals surface area contributed by atoms with Crippen molar-refractivity contribution in [2.45, 2.75) is 38.8 Å². The first-order chi connectivity index (χ1) is 21.3. The zero-order valence-corrected chi connectivity index (χ0v) is 26.7. The second-order valence-electron chi connectivity index (χ2n) is 9.52. The van der Waals surface area contributed by atoms with Crippen LogP contribution in [0.25, 0.3) is 0 Å². The van der Waals surface area contributed by atoms with Crippen LogP contribution in [-0.4, -0.2) is 41.6 Å². The fourth-order valence-corrected chi connectivity index (χ4v) is 6.84. The van der Waals surface area contributed by atoms with Crippen LogP contribution in [0.15, 0.2) is 105 Å². The molecule has 0 amide bonds. The van der Waals surface area contributed by atoms with Gasteiger partial charge in [-0.05, 0) is 107 Å². The Hall–Kier alpha value is -4.24. The lowest BCUT2D eigenvalue weighted by Gasteiger charge is -2.26. The molecule has 0 radical (unpaired) electrons. The van der Waals surface area contributed by atoms with Gasteiger partial charge in [0.05, 0.1) is 9.79 Å². The first-order valence-electron chi connectivity index (χ1n) is 12.8. The van der Waals surface area contributed by atoms with E-state index < -0.39 is 26.6 Å². The number of thioether (sulfide) groups is 4. The molecular formula is C31H24O10S4. The third-order valence-electron chi connectivity index (χ3n) is 6.27. The Bertz CT molecular complexity index is 1610. The van der Waals surface area contributed by atoms with Crippen LogP contribution in [0.1, 0.15) is 25.0 Å². The van der Waals surface area contributed by atoms with Crippen LogP contribution in [0, 0.1) is 0 Å². The molecule has 0 spiro atoms. The maximum atomic E-state index is 11.4. The number of rotatable bonds is 10. The summed E-state index contributed by atoms with van der Waals surface area (Å²) in [6.07, 6.45) is 0. The van der Waals surface area contributed by atoms with Gasteiger partial charge in [0.15, 0.2) is 0 Å². The number of benzene rings is 4. The van der Waals surface area contributed by atoms with Crippen LogP contribution in [-0.2, 0) is 5.41 Å². The molecule has 10 nitrogen and oxygen atoms in total. The molecule has 0 saturated carbocycles. The molecule has 0 bridgehead atoms. The fraction of sp³-hybridized carbons (Fsp3) is 0.0968. The van der Waals surface area contributed by atoms with E-state index in [2.05, 4.69) is 0 Å². The van der Waals surface area contributed by atoms with Crippen LogP contribution in [0.2, 0.25) is 0 Å². The van der Waals surface area contributed by atoms with Crippen molar-refractivity contribution in [3.63, 3.8) is 0 Å². The van der Waals surface area contributed by atoms with E-state index in [0.717, 1.165) is 11.1 Å². The maximum Gasteiger partial charge on any atom is 0.369 e. The van der Waals surface area contributed by atoms with Crippen molar-refractivity contribution >= 4 is 68.3 Å². The number of hydrogen-bond acceptors (Lipinski definition) is 10. The summed E-state index contributed by atoms with van der Waals surface area (Å²) in [4.78, 5) is 46.2. The van der Waals surface area contributed by atoms with Crippen LogP contribution in [0.4, 0.5) is 19.2 Å². The van der Waals surface area contributed by atoms with Gasteiger partial charge in [-0.3, -0.25) is 0 Å². The summed E-state index contributed by atoms with van der Waals surface area (Å²) >= 11 is 1.94. The normalized spacial score (nSPS) is 11.1. The third-order valence-corrected chi connectivity index (χ3v) is 9.59. The Balaban J connectivity index is 1.53.